The molecule has 0 fully saturated rings. The number of aryl methyl sites for hydroxylation is 2. The molecular weight excluding hydrogens is 514 g/mol. The minimum Gasteiger partial charge on any atom is -0.493 e. The van der Waals surface area contributed by atoms with E-state index >= 15 is 0 Å². The molecule has 0 aliphatic carbocycles. The van der Waals surface area contributed by atoms with Gasteiger partial charge in [0.1, 0.15) is 11.6 Å². The van der Waals surface area contributed by atoms with Crippen LogP contribution in [0.3, 0.4) is 0 Å². The van der Waals surface area contributed by atoms with Gasteiger partial charge in [-0.05, 0) is 74.1 Å². The number of hydrogen-bond acceptors (Lipinski definition) is 5. The molecule has 7 heteroatoms. The molecule has 3 aromatic carbocycles. The van der Waals surface area contributed by atoms with Crippen LogP contribution in [0.25, 0.3) is 11.0 Å². The smallest absolute Gasteiger partial charge is 0.257 e. The van der Waals surface area contributed by atoms with Crippen molar-refractivity contribution in [1.29, 1.82) is 0 Å². The van der Waals surface area contributed by atoms with Crippen molar-refractivity contribution in [2.45, 2.75) is 51.5 Å². The van der Waals surface area contributed by atoms with Crippen LogP contribution in [0.1, 0.15) is 43.5 Å². The Labute approximate surface area is 243 Å². The maximum atomic E-state index is 12.0. The highest BCUT2D eigenvalue weighted by atomic mass is 16.5. The summed E-state index contributed by atoms with van der Waals surface area (Å²) in [5.41, 5.74) is 3.37. The number of aromatic nitrogens is 2. The van der Waals surface area contributed by atoms with Gasteiger partial charge in [0.15, 0.2) is 18.1 Å². The highest BCUT2D eigenvalue weighted by molar-refractivity contribution is 5.77. The molecule has 1 aromatic heterocycles. The summed E-state index contributed by atoms with van der Waals surface area (Å²) in [6, 6.07) is 23.7. The second kappa shape index (κ2) is 16.1. The number of carbonyl (C=O) groups is 1. The lowest BCUT2D eigenvalue weighted by molar-refractivity contribution is -0.123. The third-order valence-electron chi connectivity index (χ3n) is 6.89. The predicted molar refractivity (Wildman–Crippen MR) is 164 cm³/mol. The minimum absolute atomic E-state index is 0.0363. The summed E-state index contributed by atoms with van der Waals surface area (Å²) in [6.07, 6.45) is 8.47. The Morgan fingerprint density at radius 1 is 0.927 bits per heavy atom. The molecule has 0 unspecified atom stereocenters. The number of allylic oxidation sites excluding steroid dienone is 1. The normalized spacial score (nSPS) is 10.9. The number of fused-ring (bicyclic) bond motifs is 1. The standard InChI is InChI=1S/C34H41N3O4/c1-3-14-27-20-21-31(32(25-27)39-2)40-24-13-12-23-37-30-18-10-9-17-29(30)36-33(37)19-8-5-11-22-35-34(38)26-41-28-15-6-4-7-16-28/h3-4,6-7,9-10,15-18,20-21,25H,1,5,8,11-14,19,22-24,26H2,2H3,(H,35,38). The monoisotopic (exact) mass is 555 g/mol. The Kier molecular flexibility index (Phi) is 11.7. The molecule has 7 nitrogen and oxygen atoms in total. The fourth-order valence-electron chi connectivity index (χ4n) is 4.77. The molecule has 0 radical (unpaired) electrons. The molecular formula is C34H41N3O4. The molecule has 0 aliphatic rings. The first-order valence-electron chi connectivity index (χ1n) is 14.5. The first-order valence-corrected chi connectivity index (χ1v) is 14.5. The van der Waals surface area contributed by atoms with Crippen LogP contribution in [0.4, 0.5) is 0 Å². The van der Waals surface area contributed by atoms with Crippen LogP contribution in [0.2, 0.25) is 0 Å². The Morgan fingerprint density at radius 3 is 2.59 bits per heavy atom. The molecule has 0 atom stereocenters. The Balaban J connectivity index is 1.19. The molecule has 0 aliphatic heterocycles. The van der Waals surface area contributed by atoms with Gasteiger partial charge in [0, 0.05) is 19.5 Å². The molecule has 1 heterocycles. The van der Waals surface area contributed by atoms with Crippen LogP contribution in [-0.4, -0.2) is 42.3 Å². The molecule has 0 spiro atoms. The molecule has 41 heavy (non-hydrogen) atoms. The van der Waals surface area contributed by atoms with Crippen molar-refractivity contribution in [2.24, 2.45) is 0 Å². The van der Waals surface area contributed by atoms with E-state index < -0.39 is 0 Å². The topological polar surface area (TPSA) is 74.6 Å². The second-order valence-corrected chi connectivity index (χ2v) is 9.96. The van der Waals surface area contributed by atoms with Gasteiger partial charge >= 0.3 is 0 Å². The number of rotatable bonds is 18. The van der Waals surface area contributed by atoms with E-state index in [0.717, 1.165) is 79.9 Å². The molecule has 4 rings (SSSR count). The number of hydrogen-bond donors (Lipinski definition) is 1. The zero-order chi connectivity index (χ0) is 28.7. The van der Waals surface area contributed by atoms with Crippen molar-refractivity contribution in [1.82, 2.24) is 14.9 Å². The highest BCUT2D eigenvalue weighted by Gasteiger charge is 2.11. The summed E-state index contributed by atoms with van der Waals surface area (Å²) in [7, 11) is 1.67. The molecule has 0 saturated heterocycles. The van der Waals surface area contributed by atoms with Crippen LogP contribution >= 0.6 is 0 Å². The van der Waals surface area contributed by atoms with E-state index in [-0.39, 0.29) is 12.5 Å². The molecule has 1 amide bonds. The second-order valence-electron chi connectivity index (χ2n) is 9.96. The summed E-state index contributed by atoms with van der Waals surface area (Å²) >= 11 is 0. The SMILES string of the molecule is C=CCc1ccc(OCCCCn2c(CCCCCNC(=O)COc3ccccc3)nc3ccccc32)c(OC)c1. The van der Waals surface area contributed by atoms with Crippen LogP contribution in [0, 0.1) is 0 Å². The zero-order valence-electron chi connectivity index (χ0n) is 24.0. The maximum Gasteiger partial charge on any atom is 0.257 e. The van der Waals surface area contributed by atoms with E-state index in [9.17, 15) is 4.79 Å². The number of amides is 1. The first kappa shape index (κ1) is 29.7. The highest BCUT2D eigenvalue weighted by Crippen LogP contribution is 2.28. The van der Waals surface area contributed by atoms with Gasteiger partial charge in [-0.25, -0.2) is 4.98 Å². The quantitative estimate of drug-likeness (QED) is 0.111. The van der Waals surface area contributed by atoms with E-state index in [1.165, 1.54) is 5.52 Å². The average Bonchev–Trinajstić information content (AvgIpc) is 3.36. The fraction of sp³-hybridized carbons (Fsp3) is 0.353. The van der Waals surface area contributed by atoms with Crippen molar-refractivity contribution >= 4 is 16.9 Å². The summed E-state index contributed by atoms with van der Waals surface area (Å²) in [6.45, 7) is 6.01. The largest absolute Gasteiger partial charge is 0.493 e. The van der Waals surface area contributed by atoms with Crippen LogP contribution in [0.15, 0.2) is 85.5 Å². The van der Waals surface area contributed by atoms with E-state index in [4.69, 9.17) is 19.2 Å². The minimum atomic E-state index is -0.0947. The Bertz CT molecular complexity index is 1380. The number of unbranched alkanes of at least 4 members (excludes halogenated alkanes) is 3. The lowest BCUT2D eigenvalue weighted by Gasteiger charge is -2.13. The lowest BCUT2D eigenvalue weighted by atomic mass is 10.1. The molecule has 4 aromatic rings. The van der Waals surface area contributed by atoms with Gasteiger partial charge < -0.3 is 24.1 Å². The van der Waals surface area contributed by atoms with Crippen molar-refractivity contribution < 1.29 is 19.0 Å². The number of methoxy groups -OCH3 is 1. The van der Waals surface area contributed by atoms with E-state index in [1.807, 2.05) is 54.6 Å². The number of nitrogens with one attached hydrogen (secondary N) is 1. The van der Waals surface area contributed by atoms with Gasteiger partial charge in [0.25, 0.3) is 5.91 Å². The number of imidazole rings is 1. The van der Waals surface area contributed by atoms with Crippen molar-refractivity contribution in [3.8, 4) is 17.2 Å². The molecule has 216 valence electrons. The van der Waals surface area contributed by atoms with E-state index in [0.29, 0.717) is 18.9 Å². The molecule has 0 saturated carbocycles. The summed E-state index contributed by atoms with van der Waals surface area (Å²) in [5.74, 6) is 3.25. The van der Waals surface area contributed by atoms with Gasteiger partial charge in [-0.1, -0.05) is 48.9 Å². The number of benzene rings is 3. The van der Waals surface area contributed by atoms with Crippen LogP contribution in [-0.2, 0) is 24.2 Å². The third kappa shape index (κ3) is 9.13. The number of nitrogens with zero attached hydrogens (tertiary/aromatic N) is 2. The summed E-state index contributed by atoms with van der Waals surface area (Å²) in [5, 5.41) is 2.94. The van der Waals surface area contributed by atoms with Gasteiger partial charge in [-0.15, -0.1) is 6.58 Å². The Hall–Kier alpha value is -4.26. The molecule has 0 bridgehead atoms. The zero-order valence-corrected chi connectivity index (χ0v) is 24.0. The predicted octanol–water partition coefficient (Wildman–Crippen LogP) is 6.54. The average molecular weight is 556 g/mol. The summed E-state index contributed by atoms with van der Waals surface area (Å²) in [4.78, 5) is 17.0. The van der Waals surface area contributed by atoms with Gasteiger partial charge in [-0.3, -0.25) is 4.79 Å². The third-order valence-corrected chi connectivity index (χ3v) is 6.89. The number of para-hydroxylation sites is 3. The number of ether oxygens (including phenoxy) is 3. The van der Waals surface area contributed by atoms with E-state index in [2.05, 4.69) is 40.7 Å². The van der Waals surface area contributed by atoms with Gasteiger partial charge in [0.2, 0.25) is 0 Å². The van der Waals surface area contributed by atoms with Crippen LogP contribution in [0.5, 0.6) is 17.2 Å². The van der Waals surface area contributed by atoms with Crippen molar-refractivity contribution in [3.05, 3.63) is 96.8 Å². The lowest BCUT2D eigenvalue weighted by Crippen LogP contribution is -2.29. The first-order chi connectivity index (χ1) is 20.2. The van der Waals surface area contributed by atoms with Crippen molar-refractivity contribution in [3.63, 3.8) is 0 Å². The fourth-order valence-corrected chi connectivity index (χ4v) is 4.77. The van der Waals surface area contributed by atoms with Gasteiger partial charge in [-0.2, -0.15) is 0 Å². The number of carbonyl (C=O) groups excluding carboxylic acids is 1. The van der Waals surface area contributed by atoms with Crippen LogP contribution < -0.4 is 19.5 Å². The summed E-state index contributed by atoms with van der Waals surface area (Å²) < 4.78 is 19.4. The van der Waals surface area contributed by atoms with Crippen molar-refractivity contribution in [2.75, 3.05) is 26.9 Å². The van der Waals surface area contributed by atoms with E-state index in [1.54, 1.807) is 7.11 Å². The van der Waals surface area contributed by atoms with Gasteiger partial charge in [0.05, 0.1) is 24.8 Å². The Morgan fingerprint density at radius 2 is 1.76 bits per heavy atom. The molecule has 1 N–H and O–H groups in total. The maximum absolute atomic E-state index is 12.0.